The highest BCUT2D eigenvalue weighted by atomic mass is 32.1. The Labute approximate surface area is 185 Å². The van der Waals surface area contributed by atoms with Gasteiger partial charge in [-0.3, -0.25) is 9.69 Å². The molecule has 2 aromatic heterocycles. The minimum atomic E-state index is -4.52. The van der Waals surface area contributed by atoms with E-state index in [-0.39, 0.29) is 29.6 Å². The third-order valence-electron chi connectivity index (χ3n) is 4.35. The van der Waals surface area contributed by atoms with Gasteiger partial charge >= 0.3 is 12.1 Å². The number of halogens is 3. The summed E-state index contributed by atoms with van der Waals surface area (Å²) in [6, 6.07) is 4.51. The summed E-state index contributed by atoms with van der Waals surface area (Å²) < 4.78 is 50.4. The second-order valence-corrected chi connectivity index (χ2v) is 7.34. The molecule has 170 valence electrons. The number of amides is 1. The first-order chi connectivity index (χ1) is 15.1. The number of hydrogen-bond acceptors (Lipinski definition) is 7. The Morgan fingerprint density at radius 2 is 2.03 bits per heavy atom. The summed E-state index contributed by atoms with van der Waals surface area (Å²) in [5.74, 6) is -0.948. The summed E-state index contributed by atoms with van der Waals surface area (Å²) in [5.41, 5.74) is -0.501. The molecule has 0 bridgehead atoms. The van der Waals surface area contributed by atoms with Crippen LogP contribution >= 0.6 is 11.3 Å². The van der Waals surface area contributed by atoms with Gasteiger partial charge in [0.25, 0.3) is 0 Å². The molecule has 32 heavy (non-hydrogen) atoms. The molecular formula is C20H19F3N4O4S. The molecule has 3 aromatic rings. The van der Waals surface area contributed by atoms with Crippen molar-refractivity contribution in [2.45, 2.75) is 26.6 Å². The molecule has 0 fully saturated rings. The van der Waals surface area contributed by atoms with Crippen LogP contribution in [0.4, 0.5) is 18.3 Å². The molecule has 0 saturated carbocycles. The quantitative estimate of drug-likeness (QED) is 0.486. The van der Waals surface area contributed by atoms with Crippen LogP contribution in [0.3, 0.4) is 0 Å². The Bertz CT molecular complexity index is 1130. The van der Waals surface area contributed by atoms with Crippen LogP contribution in [0.2, 0.25) is 0 Å². The predicted octanol–water partition coefficient (Wildman–Crippen LogP) is 4.09. The number of hydrogen-bond donors (Lipinski definition) is 0. The maximum Gasteiger partial charge on any atom is 0.416 e. The molecule has 0 spiro atoms. The van der Waals surface area contributed by atoms with Crippen molar-refractivity contribution in [2.75, 3.05) is 18.6 Å². The van der Waals surface area contributed by atoms with E-state index >= 15 is 0 Å². The molecule has 0 unspecified atom stereocenters. The zero-order valence-electron chi connectivity index (χ0n) is 17.3. The molecule has 0 radical (unpaired) electrons. The smallest absolute Gasteiger partial charge is 0.416 e. The Morgan fingerprint density at radius 3 is 2.66 bits per heavy atom. The summed E-state index contributed by atoms with van der Waals surface area (Å²) in [4.78, 5) is 29.9. The van der Waals surface area contributed by atoms with Crippen LogP contribution in [0.15, 0.2) is 35.8 Å². The monoisotopic (exact) mass is 468 g/mol. The van der Waals surface area contributed by atoms with Crippen molar-refractivity contribution >= 4 is 28.3 Å². The van der Waals surface area contributed by atoms with E-state index in [1.165, 1.54) is 48.6 Å². The fourth-order valence-electron chi connectivity index (χ4n) is 2.79. The van der Waals surface area contributed by atoms with E-state index in [1.54, 1.807) is 5.38 Å². The summed E-state index contributed by atoms with van der Waals surface area (Å²) in [6.07, 6.45) is -3.23. The number of nitrogens with zero attached hydrogens (tertiary/aromatic N) is 4. The number of aromatic nitrogens is 3. The SMILES string of the molecule is CCN(C(C)=O)c1nc(COC(=O)c2nn(-c3cccc(C(F)(F)F)c3)cc2OC)cs1. The van der Waals surface area contributed by atoms with Crippen LogP contribution in [-0.2, 0) is 22.3 Å². The molecule has 0 aliphatic carbocycles. The van der Waals surface area contributed by atoms with Gasteiger partial charge in [0.1, 0.15) is 6.61 Å². The molecule has 0 aliphatic heterocycles. The van der Waals surface area contributed by atoms with E-state index in [4.69, 9.17) is 9.47 Å². The van der Waals surface area contributed by atoms with Gasteiger partial charge in [0.15, 0.2) is 10.9 Å². The second-order valence-electron chi connectivity index (χ2n) is 6.50. The van der Waals surface area contributed by atoms with Crippen LogP contribution in [0.25, 0.3) is 5.69 Å². The number of carbonyl (C=O) groups excluding carboxylic acids is 2. The molecule has 1 aromatic carbocycles. The maximum atomic E-state index is 13.0. The number of methoxy groups -OCH3 is 1. The minimum absolute atomic E-state index is 0.0418. The number of esters is 1. The average Bonchev–Trinajstić information content (AvgIpc) is 3.39. The van der Waals surface area contributed by atoms with E-state index in [0.29, 0.717) is 17.4 Å². The normalized spacial score (nSPS) is 11.3. The highest BCUT2D eigenvalue weighted by Gasteiger charge is 2.31. The van der Waals surface area contributed by atoms with Crippen molar-refractivity contribution in [3.63, 3.8) is 0 Å². The van der Waals surface area contributed by atoms with Crippen LogP contribution in [0, 0.1) is 0 Å². The summed E-state index contributed by atoms with van der Waals surface area (Å²) in [6.45, 7) is 3.52. The van der Waals surface area contributed by atoms with Gasteiger partial charge in [-0.1, -0.05) is 6.07 Å². The molecule has 0 N–H and O–H groups in total. The first kappa shape index (κ1) is 23.3. The van der Waals surface area contributed by atoms with Crippen molar-refractivity contribution in [3.8, 4) is 11.4 Å². The fourth-order valence-corrected chi connectivity index (χ4v) is 3.71. The third-order valence-corrected chi connectivity index (χ3v) is 5.26. The second kappa shape index (κ2) is 9.39. The average molecular weight is 468 g/mol. The van der Waals surface area contributed by atoms with Crippen LogP contribution in [-0.4, -0.2) is 40.3 Å². The number of ether oxygens (including phenoxy) is 2. The van der Waals surface area contributed by atoms with Gasteiger partial charge in [-0.25, -0.2) is 14.5 Å². The number of thiazole rings is 1. The Kier molecular flexibility index (Phi) is 6.82. The number of alkyl halides is 3. The van der Waals surface area contributed by atoms with Gasteiger partial charge < -0.3 is 9.47 Å². The first-order valence-corrected chi connectivity index (χ1v) is 10.2. The zero-order valence-corrected chi connectivity index (χ0v) is 18.2. The Morgan fingerprint density at radius 1 is 1.28 bits per heavy atom. The highest BCUT2D eigenvalue weighted by molar-refractivity contribution is 7.14. The lowest BCUT2D eigenvalue weighted by atomic mass is 10.2. The van der Waals surface area contributed by atoms with E-state index in [2.05, 4.69) is 10.1 Å². The van der Waals surface area contributed by atoms with Gasteiger partial charge in [0.05, 0.1) is 30.3 Å². The lowest BCUT2D eigenvalue weighted by Gasteiger charge is -2.14. The Hall–Kier alpha value is -3.41. The molecule has 3 rings (SSSR count). The van der Waals surface area contributed by atoms with E-state index in [1.807, 2.05) is 6.92 Å². The van der Waals surface area contributed by atoms with Gasteiger partial charge in [-0.15, -0.1) is 11.3 Å². The molecule has 1 amide bonds. The van der Waals surface area contributed by atoms with Crippen molar-refractivity contribution in [2.24, 2.45) is 0 Å². The number of carbonyl (C=O) groups is 2. The molecule has 2 heterocycles. The number of rotatable bonds is 7. The lowest BCUT2D eigenvalue weighted by Crippen LogP contribution is -2.27. The Balaban J connectivity index is 1.76. The molecule has 0 atom stereocenters. The van der Waals surface area contributed by atoms with Gasteiger partial charge in [0.2, 0.25) is 11.6 Å². The van der Waals surface area contributed by atoms with Crippen LogP contribution in [0.5, 0.6) is 5.75 Å². The maximum absolute atomic E-state index is 13.0. The predicted molar refractivity (Wildman–Crippen MR) is 110 cm³/mol. The van der Waals surface area contributed by atoms with Crippen LogP contribution in [0.1, 0.15) is 35.6 Å². The van der Waals surface area contributed by atoms with E-state index in [9.17, 15) is 22.8 Å². The number of anilines is 1. The summed E-state index contributed by atoms with van der Waals surface area (Å²) in [7, 11) is 1.30. The topological polar surface area (TPSA) is 86.6 Å². The number of benzene rings is 1. The fraction of sp³-hybridized carbons (Fsp3) is 0.300. The van der Waals surface area contributed by atoms with Crippen LogP contribution < -0.4 is 9.64 Å². The standard InChI is InChI=1S/C20H19F3N4O4S/c1-4-26(12(2)28)19-24-14(11-32-19)10-31-18(29)17-16(30-3)9-27(25-17)15-7-5-6-13(8-15)20(21,22)23/h5-9,11H,4,10H2,1-3H3. The first-order valence-electron chi connectivity index (χ1n) is 9.35. The third kappa shape index (κ3) is 5.07. The van der Waals surface area contributed by atoms with Gasteiger partial charge in [0, 0.05) is 18.8 Å². The zero-order chi connectivity index (χ0) is 23.5. The summed E-state index contributed by atoms with van der Waals surface area (Å²) >= 11 is 1.24. The van der Waals surface area contributed by atoms with Gasteiger partial charge in [-0.2, -0.15) is 18.3 Å². The molecule has 0 aliphatic rings. The molecule has 0 saturated heterocycles. The van der Waals surface area contributed by atoms with Crippen molar-refractivity contribution < 1.29 is 32.2 Å². The van der Waals surface area contributed by atoms with E-state index < -0.39 is 17.7 Å². The largest absolute Gasteiger partial charge is 0.493 e. The van der Waals surface area contributed by atoms with Crippen molar-refractivity contribution in [1.29, 1.82) is 0 Å². The molecular weight excluding hydrogens is 449 g/mol. The van der Waals surface area contributed by atoms with Crippen molar-refractivity contribution in [3.05, 3.63) is 52.8 Å². The summed E-state index contributed by atoms with van der Waals surface area (Å²) in [5, 5.41) is 6.18. The highest BCUT2D eigenvalue weighted by Crippen LogP contribution is 2.31. The van der Waals surface area contributed by atoms with Gasteiger partial charge in [-0.05, 0) is 25.1 Å². The van der Waals surface area contributed by atoms with Crippen molar-refractivity contribution in [1.82, 2.24) is 14.8 Å². The lowest BCUT2D eigenvalue weighted by molar-refractivity contribution is -0.137. The molecule has 8 nitrogen and oxygen atoms in total. The molecule has 12 heteroatoms. The van der Waals surface area contributed by atoms with E-state index in [0.717, 1.165) is 16.8 Å². The minimum Gasteiger partial charge on any atom is -0.493 e.